The molecule has 74 valence electrons. The summed E-state index contributed by atoms with van der Waals surface area (Å²) >= 11 is 0. The Morgan fingerprint density at radius 3 is 2.46 bits per heavy atom. The lowest BCUT2D eigenvalue weighted by molar-refractivity contribution is -0.142. The van der Waals surface area contributed by atoms with Gasteiger partial charge < -0.3 is 9.30 Å². The van der Waals surface area contributed by atoms with Crippen molar-refractivity contribution in [2.24, 2.45) is 0 Å². The average Bonchev–Trinajstić information content (AvgIpc) is 1.98. The maximum atomic E-state index is 11.6. The quantitative estimate of drug-likeness (QED) is 0.395. The van der Waals surface area contributed by atoms with Crippen LogP contribution in [0.5, 0.6) is 0 Å². The smallest absolute Gasteiger partial charge is 0.317 e. The van der Waals surface area contributed by atoms with Crippen LogP contribution in [0.3, 0.4) is 0 Å². The van der Waals surface area contributed by atoms with Gasteiger partial charge >= 0.3 is 5.97 Å². The second kappa shape index (κ2) is 5.09. The molecule has 13 heavy (non-hydrogen) atoms. The molecule has 0 radical (unpaired) electrons. The van der Waals surface area contributed by atoms with Gasteiger partial charge in [-0.2, -0.15) is 0 Å². The fraction of sp³-hybridized carbons (Fsp3) is 0.667. The number of ether oxygens (including phenoxy) is 1. The number of hydrogen-bond donors (Lipinski definition) is 0. The highest BCUT2D eigenvalue weighted by atomic mass is 31.2. The fourth-order valence-electron chi connectivity index (χ4n) is 0.907. The van der Waals surface area contributed by atoms with Crippen molar-refractivity contribution in [3.63, 3.8) is 0 Å². The Morgan fingerprint density at radius 1 is 1.62 bits per heavy atom. The van der Waals surface area contributed by atoms with E-state index in [9.17, 15) is 9.36 Å². The summed E-state index contributed by atoms with van der Waals surface area (Å²) in [6.07, 6.45) is 5.26. The van der Waals surface area contributed by atoms with Gasteiger partial charge in [-0.1, -0.05) is 0 Å². The molecule has 0 N–H and O–H groups in total. The van der Waals surface area contributed by atoms with Crippen molar-refractivity contribution in [2.45, 2.75) is 19.0 Å². The average molecular weight is 202 g/mol. The van der Waals surface area contributed by atoms with Crippen molar-refractivity contribution in [3.8, 4) is 12.3 Å². The van der Waals surface area contributed by atoms with Gasteiger partial charge in [0.1, 0.15) is 5.66 Å². The monoisotopic (exact) mass is 202 g/mol. The van der Waals surface area contributed by atoms with E-state index in [1.807, 2.05) is 0 Å². The van der Waals surface area contributed by atoms with Crippen molar-refractivity contribution >= 4 is 13.1 Å². The van der Waals surface area contributed by atoms with E-state index in [0.29, 0.717) is 6.61 Å². The molecule has 1 atom stereocenters. The van der Waals surface area contributed by atoms with E-state index < -0.39 is 18.8 Å². The minimum absolute atomic E-state index is 0.184. The van der Waals surface area contributed by atoms with Gasteiger partial charge in [-0.15, -0.1) is 12.3 Å². The molecule has 0 fully saturated rings. The third-order valence-corrected chi connectivity index (χ3v) is 3.52. The maximum Gasteiger partial charge on any atom is 0.317 e. The fourth-order valence-corrected chi connectivity index (χ4v) is 2.03. The van der Waals surface area contributed by atoms with Crippen LogP contribution < -0.4 is 0 Å². The van der Waals surface area contributed by atoms with E-state index in [4.69, 9.17) is 11.2 Å². The number of terminal acetylenes is 1. The molecule has 4 heteroatoms. The van der Waals surface area contributed by atoms with E-state index in [1.165, 1.54) is 0 Å². The molecule has 3 nitrogen and oxygen atoms in total. The van der Waals surface area contributed by atoms with Crippen molar-refractivity contribution in [1.82, 2.24) is 0 Å². The van der Waals surface area contributed by atoms with Crippen LogP contribution in [-0.4, -0.2) is 31.6 Å². The number of carbonyl (C=O) groups excluding carboxylic acids is 1. The van der Waals surface area contributed by atoms with E-state index >= 15 is 0 Å². The van der Waals surface area contributed by atoms with Gasteiger partial charge in [0, 0.05) is 6.42 Å². The SMILES string of the molecule is C#CCC(C(=O)OCC)P(C)(C)=O. The third-order valence-electron chi connectivity index (χ3n) is 1.62. The van der Waals surface area contributed by atoms with Crippen LogP contribution in [0.2, 0.25) is 0 Å². The molecule has 0 aromatic rings. The van der Waals surface area contributed by atoms with Crippen LogP contribution in [0.4, 0.5) is 0 Å². The second-order valence-electron chi connectivity index (χ2n) is 3.11. The van der Waals surface area contributed by atoms with Crippen LogP contribution >= 0.6 is 7.14 Å². The summed E-state index contributed by atoms with van der Waals surface area (Å²) < 4.78 is 16.4. The highest BCUT2D eigenvalue weighted by Gasteiger charge is 2.30. The van der Waals surface area contributed by atoms with E-state index in [1.54, 1.807) is 20.3 Å². The molecular formula is C9H15O3P. The Labute approximate surface area is 79.2 Å². The first kappa shape index (κ1) is 12.3. The topological polar surface area (TPSA) is 43.4 Å². The zero-order valence-electron chi connectivity index (χ0n) is 8.24. The van der Waals surface area contributed by atoms with Crippen LogP contribution in [0.15, 0.2) is 0 Å². The van der Waals surface area contributed by atoms with Gasteiger partial charge in [0.25, 0.3) is 0 Å². The Hall–Kier alpha value is -0.740. The number of esters is 1. The highest BCUT2D eigenvalue weighted by molar-refractivity contribution is 7.64. The molecule has 1 unspecified atom stereocenters. The Balaban J connectivity index is 4.54. The minimum Gasteiger partial charge on any atom is -0.465 e. The maximum absolute atomic E-state index is 11.6. The molecule has 0 rings (SSSR count). The minimum atomic E-state index is -2.50. The van der Waals surface area contributed by atoms with Gasteiger partial charge in [0.05, 0.1) is 13.7 Å². The largest absolute Gasteiger partial charge is 0.465 e. The summed E-state index contributed by atoms with van der Waals surface area (Å²) in [5.74, 6) is 1.89. The predicted octanol–water partition coefficient (Wildman–Crippen LogP) is 1.56. The van der Waals surface area contributed by atoms with Crippen LogP contribution in [0, 0.1) is 12.3 Å². The molecule has 0 bridgehead atoms. The number of hydrogen-bond acceptors (Lipinski definition) is 3. The molecule has 0 heterocycles. The normalized spacial score (nSPS) is 13.1. The van der Waals surface area contributed by atoms with Gasteiger partial charge in [-0.05, 0) is 20.3 Å². The molecule has 0 aromatic carbocycles. The molecule has 0 saturated carbocycles. The first-order valence-corrected chi connectivity index (χ1v) is 6.75. The second-order valence-corrected chi connectivity index (χ2v) is 6.60. The summed E-state index contributed by atoms with van der Waals surface area (Å²) in [5, 5.41) is 0. The molecule has 0 aromatic heterocycles. The zero-order valence-corrected chi connectivity index (χ0v) is 9.14. The first-order chi connectivity index (χ1) is 5.93. The van der Waals surface area contributed by atoms with Crippen molar-refractivity contribution in [2.75, 3.05) is 19.9 Å². The number of rotatable bonds is 4. The Kier molecular flexibility index (Phi) is 4.80. The summed E-state index contributed by atoms with van der Waals surface area (Å²) in [4.78, 5) is 11.3. The van der Waals surface area contributed by atoms with Gasteiger partial charge in [0.2, 0.25) is 0 Å². The number of carbonyl (C=O) groups is 1. The summed E-state index contributed by atoms with van der Waals surface area (Å²) in [6, 6.07) is 0. The molecule has 0 spiro atoms. The summed E-state index contributed by atoms with van der Waals surface area (Å²) in [6.45, 7) is 5.10. The zero-order chi connectivity index (χ0) is 10.5. The van der Waals surface area contributed by atoms with Crippen molar-refractivity contribution in [3.05, 3.63) is 0 Å². The lowest BCUT2D eigenvalue weighted by Crippen LogP contribution is -2.22. The molecule has 0 saturated heterocycles. The van der Waals surface area contributed by atoms with Crippen molar-refractivity contribution < 1.29 is 14.1 Å². The molecule has 0 aliphatic carbocycles. The van der Waals surface area contributed by atoms with E-state index in [-0.39, 0.29) is 6.42 Å². The third kappa shape index (κ3) is 4.15. The van der Waals surface area contributed by atoms with Crippen molar-refractivity contribution in [1.29, 1.82) is 0 Å². The van der Waals surface area contributed by atoms with Gasteiger partial charge in [-0.25, -0.2) is 0 Å². The highest BCUT2D eigenvalue weighted by Crippen LogP contribution is 2.44. The first-order valence-electron chi connectivity index (χ1n) is 4.08. The molecule has 0 aliphatic rings. The lowest BCUT2D eigenvalue weighted by Gasteiger charge is -2.16. The van der Waals surface area contributed by atoms with E-state index in [0.717, 1.165) is 0 Å². The standard InChI is InChI=1S/C9H15O3P/c1-5-7-8(13(3,4)11)9(10)12-6-2/h1,8H,6-7H2,2-4H3. The summed E-state index contributed by atoms with van der Waals surface area (Å²) in [5.41, 5.74) is -0.641. The Morgan fingerprint density at radius 2 is 2.15 bits per heavy atom. The van der Waals surface area contributed by atoms with Crippen LogP contribution in [-0.2, 0) is 14.1 Å². The molecule has 0 amide bonds. The molecule has 0 aliphatic heterocycles. The predicted molar refractivity (Wildman–Crippen MR) is 53.3 cm³/mol. The lowest BCUT2D eigenvalue weighted by atomic mass is 10.3. The van der Waals surface area contributed by atoms with Crippen LogP contribution in [0.25, 0.3) is 0 Å². The molecular weight excluding hydrogens is 187 g/mol. The Bertz CT molecular complexity index is 259. The summed E-state index contributed by atoms with van der Waals surface area (Å²) in [7, 11) is -2.50. The van der Waals surface area contributed by atoms with E-state index in [2.05, 4.69) is 5.92 Å². The van der Waals surface area contributed by atoms with Crippen LogP contribution in [0.1, 0.15) is 13.3 Å². The van der Waals surface area contributed by atoms with Gasteiger partial charge in [-0.3, -0.25) is 4.79 Å². The van der Waals surface area contributed by atoms with Gasteiger partial charge in [0.15, 0.2) is 0 Å².